The van der Waals surface area contributed by atoms with Crippen molar-refractivity contribution in [2.75, 3.05) is 33.4 Å². The van der Waals surface area contributed by atoms with Crippen molar-refractivity contribution in [3.05, 3.63) is 57.1 Å². The number of amides is 1. The normalized spacial score (nSPS) is 12.4. The van der Waals surface area contributed by atoms with Crippen LogP contribution in [0.5, 0.6) is 17.2 Å². The highest BCUT2D eigenvalue weighted by Crippen LogP contribution is 2.37. The number of nitro groups is 1. The Morgan fingerprint density at radius 3 is 2.48 bits per heavy atom. The molecule has 2 aromatic carbocycles. The number of rotatable bonds is 6. The summed E-state index contributed by atoms with van der Waals surface area (Å²) in [5.41, 5.74) is -0.382. The quantitative estimate of drug-likeness (QED) is 0.554. The number of hydrogen-bond donors (Lipinski definition) is 0. The summed E-state index contributed by atoms with van der Waals surface area (Å²) in [5, 5.41) is 12.0. The second-order valence-electron chi connectivity index (χ2n) is 5.80. The van der Waals surface area contributed by atoms with Crippen LogP contribution in [0.25, 0.3) is 0 Å². The highest BCUT2D eigenvalue weighted by atomic mass is 35.5. The Labute approximate surface area is 160 Å². The number of carbonyl (C=O) groups is 1. The van der Waals surface area contributed by atoms with Gasteiger partial charge in [0.2, 0.25) is 0 Å². The van der Waals surface area contributed by atoms with Gasteiger partial charge in [-0.2, -0.15) is 0 Å². The van der Waals surface area contributed by atoms with Crippen LogP contribution in [-0.2, 0) is 0 Å². The number of hydrogen-bond acceptors (Lipinski definition) is 6. The number of carbonyl (C=O) groups excluding carboxylic acids is 1. The van der Waals surface area contributed by atoms with Gasteiger partial charge in [0.05, 0.1) is 17.5 Å². The molecule has 1 aliphatic rings. The molecule has 0 spiro atoms. The van der Waals surface area contributed by atoms with Crippen molar-refractivity contribution in [1.29, 1.82) is 0 Å². The van der Waals surface area contributed by atoms with Crippen molar-refractivity contribution < 1.29 is 23.9 Å². The summed E-state index contributed by atoms with van der Waals surface area (Å²) in [6.07, 6.45) is 0. The molecule has 0 aromatic heterocycles. The maximum absolute atomic E-state index is 12.7. The molecular weight excluding hydrogens is 376 g/mol. The predicted molar refractivity (Wildman–Crippen MR) is 98.0 cm³/mol. The first-order valence-corrected chi connectivity index (χ1v) is 8.55. The largest absolute Gasteiger partial charge is 0.492 e. The lowest BCUT2D eigenvalue weighted by molar-refractivity contribution is -0.385. The number of benzene rings is 2. The molecule has 1 amide bonds. The molecule has 1 heterocycles. The van der Waals surface area contributed by atoms with Gasteiger partial charge in [-0.1, -0.05) is 11.6 Å². The van der Waals surface area contributed by atoms with E-state index in [9.17, 15) is 14.9 Å². The van der Waals surface area contributed by atoms with Crippen LogP contribution in [0.1, 0.15) is 10.4 Å². The molecule has 3 rings (SSSR count). The van der Waals surface area contributed by atoms with E-state index in [0.29, 0.717) is 29.7 Å². The van der Waals surface area contributed by atoms with E-state index in [1.54, 1.807) is 31.3 Å². The van der Waals surface area contributed by atoms with Crippen LogP contribution >= 0.6 is 11.6 Å². The molecule has 0 aliphatic carbocycles. The fourth-order valence-electron chi connectivity index (χ4n) is 2.54. The van der Waals surface area contributed by atoms with Gasteiger partial charge in [-0.05, 0) is 24.3 Å². The Morgan fingerprint density at radius 2 is 1.85 bits per heavy atom. The fourth-order valence-corrected chi connectivity index (χ4v) is 2.66. The molecule has 0 unspecified atom stereocenters. The Bertz CT molecular complexity index is 856. The molecule has 9 heteroatoms. The Morgan fingerprint density at radius 1 is 1.22 bits per heavy atom. The van der Waals surface area contributed by atoms with Crippen molar-refractivity contribution >= 4 is 23.2 Å². The van der Waals surface area contributed by atoms with Crippen molar-refractivity contribution in [1.82, 2.24) is 4.90 Å². The summed E-state index contributed by atoms with van der Waals surface area (Å²) < 4.78 is 16.3. The first kappa shape index (κ1) is 18.8. The smallest absolute Gasteiger partial charge is 0.286 e. The first-order valence-electron chi connectivity index (χ1n) is 8.17. The van der Waals surface area contributed by atoms with Crippen LogP contribution in [0.4, 0.5) is 5.69 Å². The van der Waals surface area contributed by atoms with Crippen LogP contribution in [0.3, 0.4) is 0 Å². The third kappa shape index (κ3) is 4.40. The Kier molecular flexibility index (Phi) is 5.66. The van der Waals surface area contributed by atoms with Crippen LogP contribution in [0.15, 0.2) is 36.4 Å². The summed E-state index contributed by atoms with van der Waals surface area (Å²) in [5.74, 6) is 0.697. The zero-order valence-corrected chi connectivity index (χ0v) is 15.3. The van der Waals surface area contributed by atoms with E-state index in [1.165, 1.54) is 17.0 Å². The SMILES string of the molecule is CN(CCOc1ccc(Cl)cc1)C(=O)c1cc2c(cc1[N+](=O)[O-])OCCO2. The zero-order chi connectivity index (χ0) is 19.4. The number of likely N-dealkylation sites (N-methyl/N-ethyl adjacent to an activating group) is 1. The minimum atomic E-state index is -0.608. The lowest BCUT2D eigenvalue weighted by Crippen LogP contribution is -2.31. The highest BCUT2D eigenvalue weighted by molar-refractivity contribution is 6.30. The van der Waals surface area contributed by atoms with Crippen LogP contribution in [-0.4, -0.2) is 49.1 Å². The van der Waals surface area contributed by atoms with E-state index < -0.39 is 10.8 Å². The first-order chi connectivity index (χ1) is 13.0. The topological polar surface area (TPSA) is 91.1 Å². The molecule has 0 fully saturated rings. The van der Waals surface area contributed by atoms with Gasteiger partial charge >= 0.3 is 0 Å². The standard InChI is InChI=1S/C18H17ClN2O6/c1-20(6-7-25-13-4-2-12(19)3-5-13)18(22)14-10-16-17(27-9-8-26-16)11-15(14)21(23)24/h2-5,10-11H,6-9H2,1H3. The maximum Gasteiger partial charge on any atom is 0.286 e. The average molecular weight is 393 g/mol. The molecule has 0 bridgehead atoms. The van der Waals surface area contributed by atoms with E-state index in [0.717, 1.165) is 0 Å². The molecule has 0 N–H and O–H groups in total. The zero-order valence-electron chi connectivity index (χ0n) is 14.5. The van der Waals surface area contributed by atoms with Gasteiger partial charge in [-0.15, -0.1) is 0 Å². The third-order valence-corrected chi connectivity index (χ3v) is 4.20. The van der Waals surface area contributed by atoms with Crippen molar-refractivity contribution in [2.24, 2.45) is 0 Å². The molecule has 0 radical (unpaired) electrons. The van der Waals surface area contributed by atoms with E-state index in [-0.39, 0.29) is 30.2 Å². The van der Waals surface area contributed by atoms with Crippen molar-refractivity contribution in [3.63, 3.8) is 0 Å². The second-order valence-corrected chi connectivity index (χ2v) is 6.24. The van der Waals surface area contributed by atoms with Gasteiger partial charge in [0.25, 0.3) is 11.6 Å². The van der Waals surface area contributed by atoms with E-state index >= 15 is 0 Å². The summed E-state index contributed by atoms with van der Waals surface area (Å²) in [7, 11) is 1.55. The predicted octanol–water partition coefficient (Wildman–Crippen LogP) is 3.17. The number of ether oxygens (including phenoxy) is 3. The van der Waals surface area contributed by atoms with Crippen LogP contribution in [0.2, 0.25) is 5.02 Å². The van der Waals surface area contributed by atoms with Crippen LogP contribution < -0.4 is 14.2 Å². The number of nitrogens with zero attached hydrogens (tertiary/aromatic N) is 2. The summed E-state index contributed by atoms with van der Waals surface area (Å²) in [6.45, 7) is 1.10. The minimum Gasteiger partial charge on any atom is -0.492 e. The minimum absolute atomic E-state index is 0.0572. The van der Waals surface area contributed by atoms with E-state index in [1.807, 2.05) is 0 Å². The average Bonchev–Trinajstić information content (AvgIpc) is 2.67. The van der Waals surface area contributed by atoms with Crippen LogP contribution in [0, 0.1) is 10.1 Å². The molecule has 1 aliphatic heterocycles. The fraction of sp³-hybridized carbons (Fsp3) is 0.278. The summed E-state index contributed by atoms with van der Waals surface area (Å²) >= 11 is 5.81. The number of halogens is 1. The molecule has 0 atom stereocenters. The molecule has 0 saturated heterocycles. The van der Waals surface area contributed by atoms with Crippen molar-refractivity contribution in [3.8, 4) is 17.2 Å². The lowest BCUT2D eigenvalue weighted by atomic mass is 10.1. The highest BCUT2D eigenvalue weighted by Gasteiger charge is 2.28. The number of nitro benzene ring substituents is 1. The number of fused-ring (bicyclic) bond motifs is 1. The third-order valence-electron chi connectivity index (χ3n) is 3.94. The van der Waals surface area contributed by atoms with Gasteiger partial charge in [0.15, 0.2) is 11.5 Å². The van der Waals surface area contributed by atoms with E-state index in [4.69, 9.17) is 25.8 Å². The van der Waals surface area contributed by atoms with Crippen molar-refractivity contribution in [2.45, 2.75) is 0 Å². The van der Waals surface area contributed by atoms with Gasteiger partial charge in [0.1, 0.15) is 31.1 Å². The van der Waals surface area contributed by atoms with Gasteiger partial charge < -0.3 is 19.1 Å². The summed E-state index contributed by atoms with van der Waals surface area (Å²) in [4.78, 5) is 24.8. The summed E-state index contributed by atoms with van der Waals surface area (Å²) in [6, 6.07) is 9.41. The maximum atomic E-state index is 12.7. The molecule has 142 valence electrons. The Hall–Kier alpha value is -3.00. The Balaban J connectivity index is 1.70. The van der Waals surface area contributed by atoms with Gasteiger partial charge in [-0.3, -0.25) is 14.9 Å². The second kappa shape index (κ2) is 8.13. The monoisotopic (exact) mass is 392 g/mol. The van der Waals surface area contributed by atoms with Gasteiger partial charge in [-0.25, -0.2) is 0 Å². The van der Waals surface area contributed by atoms with E-state index in [2.05, 4.69) is 0 Å². The van der Waals surface area contributed by atoms with Gasteiger partial charge in [0, 0.05) is 18.1 Å². The molecular formula is C18H17ClN2O6. The molecule has 8 nitrogen and oxygen atoms in total. The lowest BCUT2D eigenvalue weighted by Gasteiger charge is -2.21. The molecule has 0 saturated carbocycles. The molecule has 27 heavy (non-hydrogen) atoms. The molecule has 2 aromatic rings.